The minimum absolute atomic E-state index is 0.104. The van der Waals surface area contributed by atoms with Crippen molar-refractivity contribution in [1.29, 1.82) is 0 Å². The molecule has 10 atom stereocenters. The molecule has 0 amide bonds. The Hall–Kier alpha value is -3.55. The van der Waals surface area contributed by atoms with E-state index in [1.165, 1.54) is 42.5 Å². The van der Waals surface area contributed by atoms with E-state index in [4.69, 9.17) is 23.7 Å². The van der Waals surface area contributed by atoms with Crippen molar-refractivity contribution < 1.29 is 79.5 Å². The molecule has 0 aliphatic carbocycles. The van der Waals surface area contributed by atoms with E-state index in [0.717, 1.165) is 6.08 Å². The zero-order valence-corrected chi connectivity index (χ0v) is 23.6. The number of aliphatic hydroxyl groups excluding tert-OH is 6. The number of benzene rings is 2. The van der Waals surface area contributed by atoms with Gasteiger partial charge in [-0.25, -0.2) is 4.79 Å². The van der Waals surface area contributed by atoms with E-state index in [9.17, 15) is 55.9 Å². The van der Waals surface area contributed by atoms with Crippen molar-refractivity contribution >= 4 is 12.0 Å². The van der Waals surface area contributed by atoms with Crippen LogP contribution < -0.4 is 0 Å². The molecule has 10 N–H and O–H groups in total. The van der Waals surface area contributed by atoms with E-state index in [0.29, 0.717) is 11.1 Å². The number of rotatable bonds is 11. The Morgan fingerprint density at radius 2 is 1.38 bits per heavy atom. The Morgan fingerprint density at radius 3 is 2.04 bits per heavy atom. The topological polar surface area (TPSA) is 266 Å². The number of phenolic OH excluding ortho intramolecular Hbond substituents is 4. The van der Waals surface area contributed by atoms with E-state index >= 15 is 0 Å². The first-order valence-corrected chi connectivity index (χ1v) is 13.9. The van der Waals surface area contributed by atoms with Crippen molar-refractivity contribution in [3.63, 3.8) is 0 Å². The maximum atomic E-state index is 12.7. The summed E-state index contributed by atoms with van der Waals surface area (Å²) < 4.78 is 27.5. The van der Waals surface area contributed by atoms with Crippen LogP contribution >= 0.6 is 0 Å². The highest BCUT2D eigenvalue weighted by Crippen LogP contribution is 2.29. The van der Waals surface area contributed by atoms with E-state index in [1.807, 2.05) is 0 Å². The molecule has 16 nitrogen and oxygen atoms in total. The molecule has 0 saturated carbocycles. The highest BCUT2D eigenvalue weighted by molar-refractivity contribution is 5.87. The molecule has 16 heteroatoms. The van der Waals surface area contributed by atoms with Gasteiger partial charge in [0.15, 0.2) is 41.7 Å². The van der Waals surface area contributed by atoms with Gasteiger partial charge < -0.3 is 74.7 Å². The van der Waals surface area contributed by atoms with Crippen molar-refractivity contribution in [1.82, 2.24) is 0 Å². The van der Waals surface area contributed by atoms with Crippen LogP contribution in [0.5, 0.6) is 23.0 Å². The van der Waals surface area contributed by atoms with Crippen LogP contribution in [0, 0.1) is 0 Å². The predicted octanol–water partition coefficient (Wildman–Crippen LogP) is -2.04. The van der Waals surface area contributed by atoms with Crippen LogP contribution in [0.3, 0.4) is 0 Å². The quantitative estimate of drug-likeness (QED) is 0.0720. The molecular weight excluding hydrogens is 604 g/mol. The van der Waals surface area contributed by atoms with Crippen LogP contribution in [0.4, 0.5) is 0 Å². The third-order valence-electron chi connectivity index (χ3n) is 7.29. The highest BCUT2D eigenvalue weighted by atomic mass is 16.7. The van der Waals surface area contributed by atoms with Crippen LogP contribution in [0.1, 0.15) is 11.1 Å². The predicted molar refractivity (Wildman–Crippen MR) is 149 cm³/mol. The van der Waals surface area contributed by atoms with Crippen molar-refractivity contribution in [2.45, 2.75) is 67.8 Å². The molecular formula is C29H36O16. The highest BCUT2D eigenvalue weighted by Gasteiger charge is 2.49. The van der Waals surface area contributed by atoms with Crippen molar-refractivity contribution in [3.05, 3.63) is 53.6 Å². The first-order valence-electron chi connectivity index (χ1n) is 13.9. The average molecular weight is 641 g/mol. The maximum absolute atomic E-state index is 12.7. The van der Waals surface area contributed by atoms with E-state index in [2.05, 4.69) is 0 Å². The number of hydrogen-bond donors (Lipinski definition) is 10. The Morgan fingerprint density at radius 1 is 0.733 bits per heavy atom. The van der Waals surface area contributed by atoms with E-state index in [-0.39, 0.29) is 30.3 Å². The van der Waals surface area contributed by atoms with Gasteiger partial charge in [-0.1, -0.05) is 12.1 Å². The second kappa shape index (κ2) is 15.2. The normalized spacial score (nSPS) is 32.0. The first kappa shape index (κ1) is 34.3. The van der Waals surface area contributed by atoms with Crippen molar-refractivity contribution in [3.8, 4) is 23.0 Å². The fraction of sp³-hybridized carbons (Fsp3) is 0.483. The van der Waals surface area contributed by atoms with Gasteiger partial charge in [0.1, 0.15) is 42.7 Å². The SMILES string of the molecule is O=C(C=Cc1ccc(O)c(O)c1)O[C@@H]1[C@@H](O)[C@H](OCCc2ccc(O)c(O)c2)O[C@H](CO[C@@H]2O[C@H](CO)[C@@H](O)[C@H](O)[C@H]2O)[C@H]1O. The van der Waals surface area contributed by atoms with Gasteiger partial charge in [0.2, 0.25) is 0 Å². The van der Waals surface area contributed by atoms with Gasteiger partial charge >= 0.3 is 5.97 Å². The summed E-state index contributed by atoms with van der Waals surface area (Å²) in [6.07, 6.45) is -13.5. The van der Waals surface area contributed by atoms with E-state index in [1.54, 1.807) is 0 Å². The van der Waals surface area contributed by atoms with Gasteiger partial charge in [-0.05, 0) is 47.9 Å². The Labute approximate surface area is 256 Å². The minimum Gasteiger partial charge on any atom is -0.504 e. The molecule has 0 spiro atoms. The van der Waals surface area contributed by atoms with Crippen molar-refractivity contribution in [2.24, 2.45) is 0 Å². The standard InChI is InChI=1S/C29H36O16/c30-11-19-22(36)24(38)25(39)28(43-19)42-12-20-23(37)27(45-21(35)6-3-13-1-4-15(31)17(33)9-13)26(40)29(44-20)41-8-7-14-2-5-16(32)18(34)10-14/h1-6,9-10,19-20,22-34,36-40H,7-8,11-12H2/t19-,20-,22-,23-,24+,25-,26-,27+,28-,29-/m1/s1. The third kappa shape index (κ3) is 8.39. The number of aliphatic hydroxyl groups is 6. The summed E-state index contributed by atoms with van der Waals surface area (Å²) in [5, 5.41) is 100.0. The lowest BCUT2D eigenvalue weighted by Crippen LogP contribution is -2.62. The second-order valence-electron chi connectivity index (χ2n) is 10.5. The van der Waals surface area contributed by atoms with Gasteiger partial charge in [0, 0.05) is 6.08 Å². The molecule has 248 valence electrons. The molecule has 45 heavy (non-hydrogen) atoms. The molecule has 4 rings (SSSR count). The Kier molecular flexibility index (Phi) is 11.6. The molecule has 0 aromatic heterocycles. The molecule has 0 radical (unpaired) electrons. The lowest BCUT2D eigenvalue weighted by molar-refractivity contribution is -0.331. The lowest BCUT2D eigenvalue weighted by Gasteiger charge is -2.43. The summed E-state index contributed by atoms with van der Waals surface area (Å²) >= 11 is 0. The monoisotopic (exact) mass is 640 g/mol. The van der Waals surface area contributed by atoms with Gasteiger partial charge in [0.05, 0.1) is 19.8 Å². The summed E-state index contributed by atoms with van der Waals surface area (Å²) in [4.78, 5) is 12.7. The number of hydrogen-bond acceptors (Lipinski definition) is 16. The summed E-state index contributed by atoms with van der Waals surface area (Å²) in [6.45, 7) is -1.38. The van der Waals surface area contributed by atoms with Crippen molar-refractivity contribution in [2.75, 3.05) is 19.8 Å². The summed E-state index contributed by atoms with van der Waals surface area (Å²) in [7, 11) is 0. The largest absolute Gasteiger partial charge is 0.504 e. The molecule has 2 saturated heterocycles. The number of ether oxygens (including phenoxy) is 5. The number of carbonyl (C=O) groups is 1. The summed E-state index contributed by atoms with van der Waals surface area (Å²) in [5.41, 5.74) is 0.883. The zero-order valence-electron chi connectivity index (χ0n) is 23.6. The fourth-order valence-corrected chi connectivity index (χ4v) is 4.71. The average Bonchev–Trinajstić information content (AvgIpc) is 3.01. The van der Waals surface area contributed by atoms with Gasteiger partial charge in [-0.3, -0.25) is 0 Å². The van der Waals surface area contributed by atoms with Gasteiger partial charge in [0.25, 0.3) is 0 Å². The maximum Gasteiger partial charge on any atom is 0.331 e. The molecule has 2 fully saturated rings. The second-order valence-corrected chi connectivity index (χ2v) is 10.5. The van der Waals surface area contributed by atoms with Crippen LogP contribution in [0.25, 0.3) is 6.08 Å². The van der Waals surface area contributed by atoms with E-state index < -0.39 is 86.3 Å². The van der Waals surface area contributed by atoms with Crippen LogP contribution in [0.15, 0.2) is 42.5 Å². The Bertz CT molecular complexity index is 1320. The lowest BCUT2D eigenvalue weighted by atomic mass is 9.98. The fourth-order valence-electron chi connectivity index (χ4n) is 4.71. The molecule has 0 bridgehead atoms. The number of esters is 1. The Balaban J connectivity index is 1.46. The summed E-state index contributed by atoms with van der Waals surface area (Å²) in [5.74, 6) is -2.47. The van der Waals surface area contributed by atoms with Crippen LogP contribution in [-0.4, -0.2) is 138 Å². The zero-order chi connectivity index (χ0) is 32.8. The third-order valence-corrected chi connectivity index (χ3v) is 7.29. The molecule has 2 aromatic rings. The van der Waals surface area contributed by atoms with Gasteiger partial charge in [-0.2, -0.15) is 0 Å². The van der Waals surface area contributed by atoms with Gasteiger partial charge in [-0.15, -0.1) is 0 Å². The summed E-state index contributed by atoms with van der Waals surface area (Å²) in [6, 6.07) is 7.91. The minimum atomic E-state index is -1.75. The van der Waals surface area contributed by atoms with Crippen LogP contribution in [0.2, 0.25) is 0 Å². The number of phenols is 4. The molecule has 0 unspecified atom stereocenters. The molecule has 2 aliphatic heterocycles. The molecule has 2 heterocycles. The number of carbonyl (C=O) groups excluding carboxylic acids is 1. The molecule has 2 aliphatic rings. The first-order chi connectivity index (χ1) is 21.4. The smallest absolute Gasteiger partial charge is 0.331 e. The molecule has 2 aromatic carbocycles. The van der Waals surface area contributed by atoms with Crippen LogP contribution in [-0.2, 0) is 34.9 Å². The number of aromatic hydroxyl groups is 4.